The number of esters is 2. The molecule has 0 radical (unpaired) electrons. The van der Waals surface area contributed by atoms with Gasteiger partial charge in [-0.2, -0.15) is 0 Å². The van der Waals surface area contributed by atoms with Crippen molar-refractivity contribution in [1.82, 2.24) is 0 Å². The first-order valence-electron chi connectivity index (χ1n) is 9.09. The molecule has 0 N–H and O–H groups in total. The van der Waals surface area contributed by atoms with Crippen LogP contribution in [0.5, 0.6) is 0 Å². The number of non-ortho nitro benzene ring substituents is 2. The zero-order valence-corrected chi connectivity index (χ0v) is 16.9. The molecule has 10 nitrogen and oxygen atoms in total. The number of nitrogens with zero attached hydrogens (tertiary/aromatic N) is 2. The van der Waals surface area contributed by atoms with Gasteiger partial charge in [-0.3, -0.25) is 20.2 Å². The first kappa shape index (κ1) is 23.6. The fourth-order valence-electron chi connectivity index (χ4n) is 2.23. The van der Waals surface area contributed by atoms with Crippen molar-refractivity contribution in [2.75, 3.05) is 0 Å². The highest BCUT2D eigenvalue weighted by atomic mass is 16.6. The van der Waals surface area contributed by atoms with Gasteiger partial charge in [0.15, 0.2) is 12.2 Å². The maximum absolute atomic E-state index is 12.0. The normalized spacial score (nSPS) is 11.4. The monoisotopic (exact) mass is 436 g/mol. The summed E-state index contributed by atoms with van der Waals surface area (Å²) in [5, 5.41) is 21.3. The van der Waals surface area contributed by atoms with Crippen LogP contribution in [0.25, 0.3) is 0 Å². The standard InChI is InChI=1S/C22H16N2O8/c1-15(31-21(25)17-7-11-19(12-8-17)23(27)28)5-3-4-6-16(2)32-22(26)18-9-13-20(14-10-18)24(29)30/h7-16H,1-2H3. The molecule has 10 heteroatoms. The van der Waals surface area contributed by atoms with Crippen LogP contribution in [0.3, 0.4) is 0 Å². The second kappa shape index (κ2) is 10.9. The lowest BCUT2D eigenvalue weighted by Gasteiger charge is -2.07. The van der Waals surface area contributed by atoms with Crippen LogP contribution >= 0.6 is 0 Å². The summed E-state index contributed by atoms with van der Waals surface area (Å²) in [6.07, 6.45) is -1.60. The Morgan fingerprint density at radius 1 is 0.719 bits per heavy atom. The minimum Gasteiger partial charge on any atom is -0.446 e. The zero-order chi connectivity index (χ0) is 23.7. The van der Waals surface area contributed by atoms with Crippen LogP contribution in [0, 0.1) is 43.9 Å². The molecule has 0 aromatic heterocycles. The molecule has 0 aliphatic rings. The van der Waals surface area contributed by atoms with E-state index in [-0.39, 0.29) is 22.5 Å². The van der Waals surface area contributed by atoms with Gasteiger partial charge in [-0.25, -0.2) is 9.59 Å². The van der Waals surface area contributed by atoms with Gasteiger partial charge in [0.25, 0.3) is 11.4 Å². The largest absolute Gasteiger partial charge is 0.446 e. The fourth-order valence-corrected chi connectivity index (χ4v) is 2.23. The van der Waals surface area contributed by atoms with Crippen LogP contribution in [-0.2, 0) is 9.47 Å². The lowest BCUT2D eigenvalue weighted by molar-refractivity contribution is -0.385. The van der Waals surface area contributed by atoms with Crippen molar-refractivity contribution < 1.29 is 28.9 Å². The van der Waals surface area contributed by atoms with E-state index < -0.39 is 34.0 Å². The van der Waals surface area contributed by atoms with E-state index in [0.29, 0.717) is 0 Å². The molecule has 0 aliphatic heterocycles. The summed E-state index contributed by atoms with van der Waals surface area (Å²) in [7, 11) is 0. The molecule has 32 heavy (non-hydrogen) atoms. The second-order valence-corrected chi connectivity index (χ2v) is 6.24. The van der Waals surface area contributed by atoms with Gasteiger partial charge in [0.2, 0.25) is 0 Å². The van der Waals surface area contributed by atoms with Gasteiger partial charge in [-0.15, -0.1) is 0 Å². The van der Waals surface area contributed by atoms with E-state index in [1.807, 2.05) is 0 Å². The number of nitro groups is 2. The molecule has 2 aromatic rings. The Balaban J connectivity index is 1.87. The molecule has 0 bridgehead atoms. The van der Waals surface area contributed by atoms with E-state index in [0.717, 1.165) is 0 Å². The van der Waals surface area contributed by atoms with Crippen molar-refractivity contribution in [2.45, 2.75) is 26.1 Å². The van der Waals surface area contributed by atoms with Gasteiger partial charge in [0.05, 0.1) is 21.0 Å². The summed E-state index contributed by atoms with van der Waals surface area (Å²) in [5.74, 6) is 8.76. The van der Waals surface area contributed by atoms with Crippen LogP contribution in [-0.4, -0.2) is 34.0 Å². The SMILES string of the molecule is CC(C#CC#CC(C)OC(=O)c1ccc([N+](=O)[O-])cc1)OC(=O)c1ccc([N+](=O)[O-])cc1. The quantitative estimate of drug-likeness (QED) is 0.291. The highest BCUT2D eigenvalue weighted by Gasteiger charge is 2.13. The average molecular weight is 436 g/mol. The Morgan fingerprint density at radius 3 is 1.31 bits per heavy atom. The smallest absolute Gasteiger partial charge is 0.339 e. The average Bonchev–Trinajstić information content (AvgIpc) is 2.76. The molecule has 0 spiro atoms. The molecule has 0 saturated carbocycles. The maximum Gasteiger partial charge on any atom is 0.339 e. The molecule has 0 fully saturated rings. The number of nitro benzene ring substituents is 2. The van der Waals surface area contributed by atoms with Gasteiger partial charge in [0.1, 0.15) is 0 Å². The third-order valence-electron chi connectivity index (χ3n) is 3.81. The molecule has 2 rings (SSSR count). The molecule has 0 saturated heterocycles. The summed E-state index contributed by atoms with van der Waals surface area (Å²) in [4.78, 5) is 44.1. The van der Waals surface area contributed by atoms with Crippen molar-refractivity contribution in [3.63, 3.8) is 0 Å². The zero-order valence-electron chi connectivity index (χ0n) is 16.9. The van der Waals surface area contributed by atoms with Crippen molar-refractivity contribution in [1.29, 1.82) is 0 Å². The van der Waals surface area contributed by atoms with Gasteiger partial charge < -0.3 is 9.47 Å². The summed E-state index contributed by atoms with van der Waals surface area (Å²) >= 11 is 0. The molecular weight excluding hydrogens is 420 g/mol. The topological polar surface area (TPSA) is 139 Å². The lowest BCUT2D eigenvalue weighted by Crippen LogP contribution is -2.13. The molecule has 0 heterocycles. The van der Waals surface area contributed by atoms with Crippen LogP contribution < -0.4 is 0 Å². The van der Waals surface area contributed by atoms with Gasteiger partial charge >= 0.3 is 11.9 Å². The number of ether oxygens (including phenoxy) is 2. The molecule has 2 unspecified atom stereocenters. The van der Waals surface area contributed by atoms with E-state index in [2.05, 4.69) is 23.7 Å². The predicted molar refractivity (Wildman–Crippen MR) is 111 cm³/mol. The van der Waals surface area contributed by atoms with E-state index in [1.54, 1.807) is 0 Å². The van der Waals surface area contributed by atoms with Crippen molar-refractivity contribution >= 4 is 23.3 Å². The van der Waals surface area contributed by atoms with E-state index in [1.165, 1.54) is 62.4 Å². The Hall–Kier alpha value is -4.70. The third-order valence-corrected chi connectivity index (χ3v) is 3.81. The minimum atomic E-state index is -0.801. The Labute approximate surface area is 182 Å². The van der Waals surface area contributed by atoms with E-state index in [4.69, 9.17) is 9.47 Å². The Kier molecular flexibility index (Phi) is 8.03. The molecule has 2 aromatic carbocycles. The minimum absolute atomic E-state index is 0.141. The summed E-state index contributed by atoms with van der Waals surface area (Å²) < 4.78 is 10.2. The van der Waals surface area contributed by atoms with Gasteiger partial charge in [-0.1, -0.05) is 0 Å². The van der Waals surface area contributed by atoms with Crippen LogP contribution in [0.1, 0.15) is 34.6 Å². The predicted octanol–water partition coefficient (Wildman–Crippen LogP) is 3.30. The summed E-state index contributed by atoms with van der Waals surface area (Å²) in [6, 6.07) is 9.89. The number of benzene rings is 2. The van der Waals surface area contributed by atoms with Crippen LogP contribution in [0.2, 0.25) is 0 Å². The second-order valence-electron chi connectivity index (χ2n) is 6.24. The number of rotatable bonds is 6. The lowest BCUT2D eigenvalue weighted by atomic mass is 10.2. The molecule has 0 amide bonds. The Bertz CT molecular complexity index is 1060. The van der Waals surface area contributed by atoms with Crippen LogP contribution in [0.4, 0.5) is 11.4 Å². The van der Waals surface area contributed by atoms with Crippen LogP contribution in [0.15, 0.2) is 48.5 Å². The summed E-state index contributed by atoms with van der Waals surface area (Å²) in [6.45, 7) is 3.05. The number of hydrogen-bond acceptors (Lipinski definition) is 8. The first-order valence-corrected chi connectivity index (χ1v) is 9.09. The van der Waals surface area contributed by atoms with E-state index >= 15 is 0 Å². The van der Waals surface area contributed by atoms with Gasteiger partial charge in [0, 0.05) is 24.3 Å². The molecule has 2 atom stereocenters. The molecule has 0 aliphatic carbocycles. The fraction of sp³-hybridized carbons (Fsp3) is 0.182. The van der Waals surface area contributed by atoms with Gasteiger partial charge in [-0.05, 0) is 61.8 Å². The molecular formula is C22H16N2O8. The third kappa shape index (κ3) is 6.97. The Morgan fingerprint density at radius 2 is 1.03 bits per heavy atom. The highest BCUT2D eigenvalue weighted by molar-refractivity contribution is 5.90. The van der Waals surface area contributed by atoms with Crippen molar-refractivity contribution in [3.8, 4) is 23.7 Å². The number of hydrogen-bond donors (Lipinski definition) is 0. The maximum atomic E-state index is 12.0. The first-order chi connectivity index (χ1) is 15.2. The van der Waals surface area contributed by atoms with Crippen molar-refractivity contribution in [2.24, 2.45) is 0 Å². The van der Waals surface area contributed by atoms with E-state index in [9.17, 15) is 29.8 Å². The van der Waals surface area contributed by atoms with Crippen molar-refractivity contribution in [3.05, 3.63) is 79.9 Å². The highest BCUT2D eigenvalue weighted by Crippen LogP contribution is 2.14. The number of carbonyl (C=O) groups is 2. The summed E-state index contributed by atoms with van der Waals surface area (Å²) in [5.41, 5.74) is -0.00893. The molecule has 162 valence electrons. The number of carbonyl (C=O) groups excluding carboxylic acids is 2.